The summed E-state index contributed by atoms with van der Waals surface area (Å²) < 4.78 is 0. The molecular formula is C9H12N4O. The zero-order chi connectivity index (χ0) is 10.1. The van der Waals surface area contributed by atoms with Crippen molar-refractivity contribution >= 4 is 11.9 Å². The Hall–Kier alpha value is -1.49. The van der Waals surface area contributed by atoms with Crippen molar-refractivity contribution in [1.82, 2.24) is 9.97 Å². The van der Waals surface area contributed by atoms with Crippen LogP contribution in [0.4, 0.5) is 5.95 Å². The van der Waals surface area contributed by atoms with E-state index in [9.17, 15) is 4.79 Å². The molecule has 74 valence electrons. The molecule has 1 atom stereocenters. The highest BCUT2D eigenvalue weighted by molar-refractivity contribution is 5.94. The first-order valence-corrected chi connectivity index (χ1v) is 4.51. The number of aryl methyl sites for hydroxylation is 1. The molecule has 2 rings (SSSR count). The molecule has 0 bridgehead atoms. The number of hydrogen-bond acceptors (Lipinski definition) is 4. The van der Waals surface area contributed by atoms with E-state index in [0.717, 1.165) is 5.56 Å². The number of carbonyl (C=O) groups is 1. The van der Waals surface area contributed by atoms with Crippen molar-refractivity contribution in [2.24, 2.45) is 5.73 Å². The van der Waals surface area contributed by atoms with Gasteiger partial charge in [-0.1, -0.05) is 0 Å². The van der Waals surface area contributed by atoms with Crippen LogP contribution in [0.25, 0.3) is 0 Å². The summed E-state index contributed by atoms with van der Waals surface area (Å²) in [6, 6.07) is -0.0904. The number of amides is 1. The van der Waals surface area contributed by atoms with Crippen LogP contribution in [0.1, 0.15) is 12.0 Å². The highest BCUT2D eigenvalue weighted by Crippen LogP contribution is 2.15. The molecule has 0 radical (unpaired) electrons. The van der Waals surface area contributed by atoms with Crippen molar-refractivity contribution in [1.29, 1.82) is 0 Å². The fourth-order valence-corrected chi connectivity index (χ4v) is 1.45. The third kappa shape index (κ3) is 1.58. The van der Waals surface area contributed by atoms with E-state index in [1.165, 1.54) is 4.90 Å². The molecule has 1 aliphatic rings. The van der Waals surface area contributed by atoms with Gasteiger partial charge in [0.1, 0.15) is 0 Å². The second-order valence-electron chi connectivity index (χ2n) is 3.53. The molecule has 0 aromatic carbocycles. The summed E-state index contributed by atoms with van der Waals surface area (Å²) in [5.41, 5.74) is 6.64. The number of rotatable bonds is 1. The largest absolute Gasteiger partial charge is 0.326 e. The minimum atomic E-state index is -0.0904. The van der Waals surface area contributed by atoms with E-state index in [2.05, 4.69) is 9.97 Å². The predicted octanol–water partition coefficient (Wildman–Crippen LogP) is -0.151. The summed E-state index contributed by atoms with van der Waals surface area (Å²) in [6.07, 6.45) is 3.77. The van der Waals surface area contributed by atoms with Gasteiger partial charge in [-0.05, 0) is 12.5 Å². The molecule has 1 amide bonds. The Labute approximate surface area is 82.0 Å². The summed E-state index contributed by atoms with van der Waals surface area (Å²) >= 11 is 0. The zero-order valence-electron chi connectivity index (χ0n) is 7.97. The van der Waals surface area contributed by atoms with Gasteiger partial charge in [-0.2, -0.15) is 0 Å². The van der Waals surface area contributed by atoms with Crippen LogP contribution in [0.5, 0.6) is 0 Å². The van der Waals surface area contributed by atoms with E-state index in [1.54, 1.807) is 12.4 Å². The van der Waals surface area contributed by atoms with Gasteiger partial charge in [0.2, 0.25) is 11.9 Å². The average molecular weight is 192 g/mol. The predicted molar refractivity (Wildman–Crippen MR) is 51.7 cm³/mol. The maximum Gasteiger partial charge on any atom is 0.232 e. The molecule has 1 saturated heterocycles. The molecule has 2 heterocycles. The molecule has 1 aromatic rings. The first-order valence-electron chi connectivity index (χ1n) is 4.51. The number of aromatic nitrogens is 2. The molecule has 0 aliphatic carbocycles. The summed E-state index contributed by atoms with van der Waals surface area (Å²) in [4.78, 5) is 21.1. The summed E-state index contributed by atoms with van der Waals surface area (Å²) in [5, 5.41) is 0. The van der Waals surface area contributed by atoms with Crippen LogP contribution in [0.15, 0.2) is 12.4 Å². The zero-order valence-corrected chi connectivity index (χ0v) is 7.97. The van der Waals surface area contributed by atoms with Gasteiger partial charge in [0, 0.05) is 31.4 Å². The normalized spacial score (nSPS) is 21.7. The first-order chi connectivity index (χ1) is 6.66. The van der Waals surface area contributed by atoms with Crippen LogP contribution in [-0.4, -0.2) is 28.5 Å². The quantitative estimate of drug-likeness (QED) is 0.671. The highest BCUT2D eigenvalue weighted by atomic mass is 16.2. The molecule has 1 aromatic heterocycles. The van der Waals surface area contributed by atoms with Crippen LogP contribution in [-0.2, 0) is 4.79 Å². The lowest BCUT2D eigenvalue weighted by Crippen LogP contribution is -2.29. The van der Waals surface area contributed by atoms with E-state index < -0.39 is 0 Å². The SMILES string of the molecule is Cc1cnc(N2CC(N)CC2=O)nc1. The molecule has 1 unspecified atom stereocenters. The van der Waals surface area contributed by atoms with Gasteiger partial charge in [-0.3, -0.25) is 9.69 Å². The van der Waals surface area contributed by atoms with Gasteiger partial charge in [0.15, 0.2) is 0 Å². The van der Waals surface area contributed by atoms with Crippen LogP contribution < -0.4 is 10.6 Å². The van der Waals surface area contributed by atoms with Gasteiger partial charge in [0.25, 0.3) is 0 Å². The summed E-state index contributed by atoms with van der Waals surface area (Å²) in [7, 11) is 0. The third-order valence-corrected chi connectivity index (χ3v) is 2.16. The van der Waals surface area contributed by atoms with Crippen molar-refractivity contribution in [3.63, 3.8) is 0 Å². The van der Waals surface area contributed by atoms with Gasteiger partial charge >= 0.3 is 0 Å². The molecule has 5 nitrogen and oxygen atoms in total. The topological polar surface area (TPSA) is 72.1 Å². The van der Waals surface area contributed by atoms with Crippen LogP contribution in [0.2, 0.25) is 0 Å². The molecule has 14 heavy (non-hydrogen) atoms. The van der Waals surface area contributed by atoms with Gasteiger partial charge in [0.05, 0.1) is 0 Å². The third-order valence-electron chi connectivity index (χ3n) is 2.16. The number of carbonyl (C=O) groups excluding carboxylic acids is 1. The van der Waals surface area contributed by atoms with Gasteiger partial charge in [-0.15, -0.1) is 0 Å². The van der Waals surface area contributed by atoms with E-state index in [4.69, 9.17) is 5.73 Å². The van der Waals surface area contributed by atoms with Crippen LogP contribution >= 0.6 is 0 Å². The monoisotopic (exact) mass is 192 g/mol. The Morgan fingerprint density at radius 2 is 2.14 bits per heavy atom. The second-order valence-corrected chi connectivity index (χ2v) is 3.53. The lowest BCUT2D eigenvalue weighted by molar-refractivity contribution is -0.117. The molecule has 1 fully saturated rings. The van der Waals surface area contributed by atoms with E-state index in [0.29, 0.717) is 18.9 Å². The van der Waals surface area contributed by atoms with Gasteiger partial charge in [-0.25, -0.2) is 9.97 Å². The molecule has 5 heteroatoms. The first kappa shape index (κ1) is 9.08. The lowest BCUT2D eigenvalue weighted by atomic mass is 10.3. The fraction of sp³-hybridized carbons (Fsp3) is 0.444. The second kappa shape index (κ2) is 3.34. The molecular weight excluding hydrogens is 180 g/mol. The Balaban J connectivity index is 2.23. The van der Waals surface area contributed by atoms with Crippen molar-refractivity contribution < 1.29 is 4.79 Å². The smallest absolute Gasteiger partial charge is 0.232 e. The Morgan fingerprint density at radius 1 is 1.50 bits per heavy atom. The minimum absolute atomic E-state index is 0.00125. The maximum atomic E-state index is 11.4. The lowest BCUT2D eigenvalue weighted by Gasteiger charge is -2.12. The van der Waals surface area contributed by atoms with Crippen molar-refractivity contribution in [2.45, 2.75) is 19.4 Å². The molecule has 0 spiro atoms. The number of nitrogens with zero attached hydrogens (tertiary/aromatic N) is 3. The summed E-state index contributed by atoms with van der Waals surface area (Å²) in [5.74, 6) is 0.454. The fourth-order valence-electron chi connectivity index (χ4n) is 1.45. The Kier molecular flexibility index (Phi) is 2.17. The standard InChI is InChI=1S/C9H12N4O/c1-6-3-11-9(12-4-6)13-5-7(10)2-8(13)14/h3-4,7H,2,5,10H2,1H3. The average Bonchev–Trinajstić information content (AvgIpc) is 2.47. The number of anilines is 1. The molecule has 2 N–H and O–H groups in total. The van der Waals surface area contributed by atoms with Crippen molar-refractivity contribution in [3.05, 3.63) is 18.0 Å². The maximum absolute atomic E-state index is 11.4. The molecule has 1 aliphatic heterocycles. The van der Waals surface area contributed by atoms with Crippen LogP contribution in [0, 0.1) is 6.92 Å². The van der Waals surface area contributed by atoms with E-state index in [-0.39, 0.29) is 11.9 Å². The Morgan fingerprint density at radius 3 is 2.64 bits per heavy atom. The van der Waals surface area contributed by atoms with Crippen molar-refractivity contribution in [3.8, 4) is 0 Å². The van der Waals surface area contributed by atoms with Crippen LogP contribution in [0.3, 0.4) is 0 Å². The van der Waals surface area contributed by atoms with E-state index in [1.807, 2.05) is 6.92 Å². The number of hydrogen-bond donors (Lipinski definition) is 1. The van der Waals surface area contributed by atoms with Crippen molar-refractivity contribution in [2.75, 3.05) is 11.4 Å². The van der Waals surface area contributed by atoms with Gasteiger partial charge < -0.3 is 5.73 Å². The minimum Gasteiger partial charge on any atom is -0.326 e. The highest BCUT2D eigenvalue weighted by Gasteiger charge is 2.29. The Bertz CT molecular complexity index is 348. The summed E-state index contributed by atoms with van der Waals surface area (Å²) in [6.45, 7) is 2.42. The van der Waals surface area contributed by atoms with E-state index >= 15 is 0 Å². The molecule has 0 saturated carbocycles. The number of nitrogens with two attached hydrogens (primary N) is 1.